The van der Waals surface area contributed by atoms with Gasteiger partial charge in [0.25, 0.3) is 0 Å². The summed E-state index contributed by atoms with van der Waals surface area (Å²) in [5.74, 6) is 0. The second kappa shape index (κ2) is 6.60. The average molecular weight is 409 g/mol. The van der Waals surface area contributed by atoms with Gasteiger partial charge in [-0.1, -0.05) is 91.0 Å². The second-order valence-electron chi connectivity index (χ2n) is 8.26. The third kappa shape index (κ3) is 2.47. The van der Waals surface area contributed by atoms with Crippen LogP contribution in [0.15, 0.2) is 114 Å². The van der Waals surface area contributed by atoms with Gasteiger partial charge in [0.2, 0.25) is 0 Å². The van der Waals surface area contributed by atoms with E-state index in [4.69, 9.17) is 4.42 Å². The highest BCUT2D eigenvalue weighted by atomic mass is 16.3. The number of para-hydroxylation sites is 3. The maximum Gasteiger partial charge on any atom is 0.143 e. The van der Waals surface area contributed by atoms with Crippen molar-refractivity contribution in [1.82, 2.24) is 4.98 Å². The molecule has 7 rings (SSSR count). The number of H-pyrrole nitrogens is 1. The Balaban J connectivity index is 1.51. The first kappa shape index (κ1) is 17.4. The third-order valence-corrected chi connectivity index (χ3v) is 6.43. The first-order chi connectivity index (χ1) is 15.9. The van der Waals surface area contributed by atoms with Gasteiger partial charge in [-0.2, -0.15) is 0 Å². The molecule has 0 saturated carbocycles. The van der Waals surface area contributed by atoms with Crippen LogP contribution >= 0.6 is 0 Å². The first-order valence-electron chi connectivity index (χ1n) is 10.9. The number of furan rings is 1. The zero-order valence-electron chi connectivity index (χ0n) is 17.3. The van der Waals surface area contributed by atoms with E-state index in [9.17, 15) is 0 Å². The SMILES string of the molecule is c1ccc(-c2cccc3c2oc2c(-c4ccc5[nH]c6ccccc6c5c4)cccc23)cc1. The van der Waals surface area contributed by atoms with E-state index in [1.807, 2.05) is 6.07 Å². The third-order valence-electron chi connectivity index (χ3n) is 6.43. The summed E-state index contributed by atoms with van der Waals surface area (Å²) in [7, 11) is 0. The largest absolute Gasteiger partial charge is 0.455 e. The maximum absolute atomic E-state index is 6.60. The number of hydrogen-bond acceptors (Lipinski definition) is 1. The molecule has 150 valence electrons. The van der Waals surface area contributed by atoms with E-state index in [1.54, 1.807) is 0 Å². The molecule has 5 aromatic carbocycles. The van der Waals surface area contributed by atoms with E-state index in [0.717, 1.165) is 49.7 Å². The number of aromatic amines is 1. The number of nitrogens with one attached hydrogen (secondary N) is 1. The number of benzene rings is 5. The van der Waals surface area contributed by atoms with Crippen molar-refractivity contribution in [3.8, 4) is 22.3 Å². The Hall–Kier alpha value is -4.30. The molecule has 0 spiro atoms. The van der Waals surface area contributed by atoms with Gasteiger partial charge in [-0.25, -0.2) is 0 Å². The van der Waals surface area contributed by atoms with Gasteiger partial charge in [0.15, 0.2) is 0 Å². The molecular formula is C30H19NO. The Kier molecular flexibility index (Phi) is 3.58. The van der Waals surface area contributed by atoms with Crippen molar-refractivity contribution >= 4 is 43.7 Å². The Morgan fingerprint density at radius 1 is 0.438 bits per heavy atom. The van der Waals surface area contributed by atoms with E-state index >= 15 is 0 Å². The lowest BCUT2D eigenvalue weighted by Gasteiger charge is -2.04. The summed E-state index contributed by atoms with van der Waals surface area (Å²) in [4.78, 5) is 3.52. The van der Waals surface area contributed by atoms with Crippen LogP contribution in [0.3, 0.4) is 0 Å². The maximum atomic E-state index is 6.60. The molecule has 7 aromatic rings. The van der Waals surface area contributed by atoms with E-state index in [0.29, 0.717) is 0 Å². The highest BCUT2D eigenvalue weighted by Crippen LogP contribution is 2.40. The van der Waals surface area contributed by atoms with Gasteiger partial charge in [-0.05, 0) is 29.3 Å². The molecular weight excluding hydrogens is 390 g/mol. The summed E-state index contributed by atoms with van der Waals surface area (Å²) in [5.41, 5.74) is 8.75. The summed E-state index contributed by atoms with van der Waals surface area (Å²) in [5, 5.41) is 4.77. The lowest BCUT2D eigenvalue weighted by atomic mass is 9.99. The van der Waals surface area contributed by atoms with Crippen molar-refractivity contribution in [3.05, 3.63) is 109 Å². The van der Waals surface area contributed by atoms with Crippen LogP contribution in [0.4, 0.5) is 0 Å². The topological polar surface area (TPSA) is 28.9 Å². The predicted octanol–water partition coefficient (Wildman–Crippen LogP) is 8.55. The summed E-state index contributed by atoms with van der Waals surface area (Å²) >= 11 is 0. The number of rotatable bonds is 2. The molecule has 2 aromatic heterocycles. The minimum Gasteiger partial charge on any atom is -0.455 e. The van der Waals surface area contributed by atoms with Gasteiger partial charge >= 0.3 is 0 Å². The van der Waals surface area contributed by atoms with E-state index < -0.39 is 0 Å². The summed E-state index contributed by atoms with van der Waals surface area (Å²) < 4.78 is 6.60. The molecule has 0 aliphatic heterocycles. The smallest absolute Gasteiger partial charge is 0.143 e. The van der Waals surface area contributed by atoms with Gasteiger partial charge in [-0.15, -0.1) is 0 Å². The molecule has 32 heavy (non-hydrogen) atoms. The van der Waals surface area contributed by atoms with Gasteiger partial charge < -0.3 is 9.40 Å². The van der Waals surface area contributed by atoms with Crippen LogP contribution in [-0.4, -0.2) is 4.98 Å². The van der Waals surface area contributed by atoms with Gasteiger partial charge in [-0.3, -0.25) is 0 Å². The fraction of sp³-hybridized carbons (Fsp3) is 0. The summed E-state index contributed by atoms with van der Waals surface area (Å²) in [6.07, 6.45) is 0. The molecule has 0 aliphatic rings. The molecule has 0 bridgehead atoms. The van der Waals surface area contributed by atoms with Crippen molar-refractivity contribution in [2.45, 2.75) is 0 Å². The fourth-order valence-electron chi connectivity index (χ4n) is 4.91. The Labute approximate surface area is 184 Å². The van der Waals surface area contributed by atoms with E-state index in [1.165, 1.54) is 16.3 Å². The van der Waals surface area contributed by atoms with Crippen LogP contribution in [-0.2, 0) is 0 Å². The Morgan fingerprint density at radius 2 is 1.06 bits per heavy atom. The monoisotopic (exact) mass is 409 g/mol. The molecule has 0 amide bonds. The quantitative estimate of drug-likeness (QED) is 0.304. The molecule has 2 nitrogen and oxygen atoms in total. The molecule has 0 aliphatic carbocycles. The van der Waals surface area contributed by atoms with Crippen LogP contribution in [0.1, 0.15) is 0 Å². The molecule has 0 radical (unpaired) electrons. The number of aromatic nitrogens is 1. The van der Waals surface area contributed by atoms with Crippen molar-refractivity contribution < 1.29 is 4.42 Å². The standard InChI is InChI=1S/C30H19NO/c1-2-8-19(9-3-1)21-11-6-13-24-25-14-7-12-22(30(25)32-29(21)24)20-16-17-28-26(18-20)23-10-4-5-15-27(23)31-28/h1-18,31H. The fourth-order valence-corrected chi connectivity index (χ4v) is 4.91. The van der Waals surface area contributed by atoms with Gasteiger partial charge in [0, 0.05) is 43.7 Å². The molecule has 0 atom stereocenters. The number of hydrogen-bond donors (Lipinski definition) is 1. The predicted molar refractivity (Wildman–Crippen MR) is 134 cm³/mol. The zero-order chi connectivity index (χ0) is 21.1. The molecule has 1 N–H and O–H groups in total. The first-order valence-corrected chi connectivity index (χ1v) is 10.9. The van der Waals surface area contributed by atoms with Crippen LogP contribution in [0, 0.1) is 0 Å². The molecule has 2 heterocycles. The number of fused-ring (bicyclic) bond motifs is 6. The van der Waals surface area contributed by atoms with Crippen LogP contribution < -0.4 is 0 Å². The van der Waals surface area contributed by atoms with Gasteiger partial charge in [0.1, 0.15) is 11.2 Å². The van der Waals surface area contributed by atoms with Crippen molar-refractivity contribution in [2.75, 3.05) is 0 Å². The molecule has 0 unspecified atom stereocenters. The zero-order valence-corrected chi connectivity index (χ0v) is 17.3. The summed E-state index contributed by atoms with van der Waals surface area (Å²) in [6.45, 7) is 0. The Morgan fingerprint density at radius 3 is 1.84 bits per heavy atom. The van der Waals surface area contributed by atoms with Crippen molar-refractivity contribution in [3.63, 3.8) is 0 Å². The van der Waals surface area contributed by atoms with Crippen molar-refractivity contribution in [2.24, 2.45) is 0 Å². The van der Waals surface area contributed by atoms with Crippen LogP contribution in [0.2, 0.25) is 0 Å². The minimum absolute atomic E-state index is 0.935. The minimum atomic E-state index is 0.935. The van der Waals surface area contributed by atoms with Gasteiger partial charge in [0.05, 0.1) is 0 Å². The van der Waals surface area contributed by atoms with Crippen LogP contribution in [0.5, 0.6) is 0 Å². The highest BCUT2D eigenvalue weighted by molar-refractivity contribution is 6.14. The van der Waals surface area contributed by atoms with Crippen molar-refractivity contribution in [1.29, 1.82) is 0 Å². The molecule has 0 fully saturated rings. The van der Waals surface area contributed by atoms with E-state index in [-0.39, 0.29) is 0 Å². The Bertz CT molecular complexity index is 1770. The van der Waals surface area contributed by atoms with E-state index in [2.05, 4.69) is 108 Å². The van der Waals surface area contributed by atoms with Crippen LogP contribution in [0.25, 0.3) is 66.0 Å². The second-order valence-corrected chi connectivity index (χ2v) is 8.26. The highest BCUT2D eigenvalue weighted by Gasteiger charge is 2.16. The molecule has 2 heteroatoms. The lowest BCUT2D eigenvalue weighted by molar-refractivity contribution is 0.671. The normalized spacial score (nSPS) is 11.8. The lowest BCUT2D eigenvalue weighted by Crippen LogP contribution is -1.79. The summed E-state index contributed by atoms with van der Waals surface area (Å²) in [6, 6.07) is 38.4. The average Bonchev–Trinajstić information content (AvgIpc) is 3.42. The molecule has 0 saturated heterocycles.